The molecule has 0 aliphatic carbocycles. The Balaban J connectivity index is 2.31. The summed E-state index contributed by atoms with van der Waals surface area (Å²) in [6.45, 7) is 0. The zero-order chi connectivity index (χ0) is 12.3. The summed E-state index contributed by atoms with van der Waals surface area (Å²) in [5, 5.41) is 4.11. The van der Waals surface area contributed by atoms with E-state index in [1.165, 1.54) is 0 Å². The van der Waals surface area contributed by atoms with E-state index in [1.54, 1.807) is 30.3 Å². The fourth-order valence-corrected chi connectivity index (χ4v) is 1.82. The van der Waals surface area contributed by atoms with Crippen LogP contribution in [0.5, 0.6) is 0 Å². The molecular formula is C11H10Cl2N4. The molecule has 6 heteroatoms. The zero-order valence-corrected chi connectivity index (χ0v) is 10.3. The minimum Gasteiger partial charge on any atom is -0.338 e. The molecule has 1 heterocycles. The quantitative estimate of drug-likeness (QED) is 0.590. The third-order valence-corrected chi connectivity index (χ3v) is 2.74. The molecule has 0 radical (unpaired) electrons. The Hall–Kier alpha value is -1.49. The molecule has 0 spiro atoms. The predicted molar refractivity (Wildman–Crippen MR) is 71.8 cm³/mol. The topological polar surface area (TPSA) is 63.0 Å². The lowest BCUT2D eigenvalue weighted by Gasteiger charge is -2.10. The number of nitrogens with two attached hydrogens (primary N) is 1. The Labute approximate surface area is 109 Å². The first kappa shape index (κ1) is 12.0. The standard InChI is InChI=1S/C11H10Cl2N4/c12-7-3-1-4-8(13)11(7)16-9-5-2-6-10(15-9)17-14/h1-6H,14H2,(H2,15,16,17). The molecular weight excluding hydrogens is 259 g/mol. The molecule has 17 heavy (non-hydrogen) atoms. The van der Waals surface area contributed by atoms with Gasteiger partial charge in [-0.05, 0) is 24.3 Å². The van der Waals surface area contributed by atoms with E-state index in [4.69, 9.17) is 29.0 Å². The Kier molecular flexibility index (Phi) is 3.68. The minimum atomic E-state index is 0.533. The highest BCUT2D eigenvalue weighted by atomic mass is 35.5. The van der Waals surface area contributed by atoms with Gasteiger partial charge in [-0.25, -0.2) is 10.8 Å². The smallest absolute Gasteiger partial charge is 0.142 e. The maximum Gasteiger partial charge on any atom is 0.142 e. The van der Waals surface area contributed by atoms with Crippen molar-refractivity contribution in [2.24, 2.45) is 5.84 Å². The van der Waals surface area contributed by atoms with Gasteiger partial charge in [0, 0.05) is 0 Å². The number of anilines is 3. The first-order chi connectivity index (χ1) is 8.20. The number of benzene rings is 1. The summed E-state index contributed by atoms with van der Waals surface area (Å²) in [5.74, 6) is 6.44. The molecule has 88 valence electrons. The van der Waals surface area contributed by atoms with Crippen molar-refractivity contribution in [1.29, 1.82) is 0 Å². The van der Waals surface area contributed by atoms with E-state index in [0.29, 0.717) is 27.4 Å². The van der Waals surface area contributed by atoms with Gasteiger partial charge in [0.2, 0.25) is 0 Å². The average Bonchev–Trinajstić information content (AvgIpc) is 2.34. The Bertz CT molecular complexity index is 510. The summed E-state index contributed by atoms with van der Waals surface area (Å²) < 4.78 is 0. The maximum atomic E-state index is 6.04. The van der Waals surface area contributed by atoms with Gasteiger partial charge in [0.15, 0.2) is 0 Å². The number of hydrogen-bond donors (Lipinski definition) is 3. The van der Waals surface area contributed by atoms with Gasteiger partial charge in [-0.3, -0.25) is 0 Å². The lowest BCUT2D eigenvalue weighted by atomic mass is 10.3. The van der Waals surface area contributed by atoms with Gasteiger partial charge in [-0.2, -0.15) is 0 Å². The molecule has 0 aliphatic rings. The fraction of sp³-hybridized carbons (Fsp3) is 0. The normalized spacial score (nSPS) is 10.1. The first-order valence-electron chi connectivity index (χ1n) is 4.85. The van der Waals surface area contributed by atoms with Crippen molar-refractivity contribution in [2.75, 3.05) is 10.7 Å². The predicted octanol–water partition coefficient (Wildman–Crippen LogP) is 3.42. The summed E-state index contributed by atoms with van der Waals surface area (Å²) in [5.41, 5.74) is 3.09. The van der Waals surface area contributed by atoms with Crippen molar-refractivity contribution >= 4 is 40.5 Å². The van der Waals surface area contributed by atoms with Crippen molar-refractivity contribution in [1.82, 2.24) is 4.98 Å². The van der Waals surface area contributed by atoms with Gasteiger partial charge < -0.3 is 10.7 Å². The van der Waals surface area contributed by atoms with Gasteiger partial charge in [0.25, 0.3) is 0 Å². The fourth-order valence-electron chi connectivity index (χ4n) is 1.33. The molecule has 0 saturated heterocycles. The van der Waals surface area contributed by atoms with Crippen LogP contribution in [0.25, 0.3) is 0 Å². The molecule has 2 aromatic rings. The van der Waals surface area contributed by atoms with Crippen molar-refractivity contribution in [3.8, 4) is 0 Å². The van der Waals surface area contributed by atoms with Crippen LogP contribution in [0.4, 0.5) is 17.3 Å². The maximum absolute atomic E-state index is 6.04. The minimum absolute atomic E-state index is 0.533. The number of rotatable bonds is 3. The summed E-state index contributed by atoms with van der Waals surface area (Å²) in [4.78, 5) is 4.20. The van der Waals surface area contributed by atoms with E-state index < -0.39 is 0 Å². The van der Waals surface area contributed by atoms with Crippen LogP contribution in [-0.2, 0) is 0 Å². The van der Waals surface area contributed by atoms with Gasteiger partial charge in [0.05, 0.1) is 15.7 Å². The van der Waals surface area contributed by atoms with E-state index in [-0.39, 0.29) is 0 Å². The summed E-state index contributed by atoms with van der Waals surface area (Å²) >= 11 is 12.1. The van der Waals surface area contributed by atoms with Crippen LogP contribution in [0.3, 0.4) is 0 Å². The number of halogens is 2. The van der Waals surface area contributed by atoms with Crippen LogP contribution in [0, 0.1) is 0 Å². The number of hydrazine groups is 1. The zero-order valence-electron chi connectivity index (χ0n) is 8.74. The van der Waals surface area contributed by atoms with Gasteiger partial charge >= 0.3 is 0 Å². The second kappa shape index (κ2) is 5.23. The second-order valence-corrected chi connectivity index (χ2v) is 4.09. The lowest BCUT2D eigenvalue weighted by molar-refractivity contribution is 1.22. The molecule has 1 aromatic heterocycles. The summed E-state index contributed by atoms with van der Waals surface area (Å²) in [7, 11) is 0. The third-order valence-electron chi connectivity index (χ3n) is 2.11. The Morgan fingerprint density at radius 3 is 2.18 bits per heavy atom. The van der Waals surface area contributed by atoms with Crippen LogP contribution < -0.4 is 16.6 Å². The number of nitrogens with one attached hydrogen (secondary N) is 2. The van der Waals surface area contributed by atoms with Crippen molar-refractivity contribution < 1.29 is 0 Å². The van der Waals surface area contributed by atoms with Crippen molar-refractivity contribution in [3.05, 3.63) is 46.4 Å². The molecule has 1 aromatic carbocycles. The molecule has 0 saturated carbocycles. The molecule has 0 amide bonds. The van der Waals surface area contributed by atoms with E-state index in [9.17, 15) is 0 Å². The van der Waals surface area contributed by atoms with Crippen LogP contribution in [0.15, 0.2) is 36.4 Å². The lowest BCUT2D eigenvalue weighted by Crippen LogP contribution is -2.09. The number of nitrogen functional groups attached to an aromatic ring is 1. The summed E-state index contributed by atoms with van der Waals surface area (Å²) in [6.07, 6.45) is 0. The highest BCUT2D eigenvalue weighted by molar-refractivity contribution is 6.39. The van der Waals surface area contributed by atoms with Gasteiger partial charge in [-0.15, -0.1) is 0 Å². The van der Waals surface area contributed by atoms with E-state index in [1.807, 2.05) is 6.07 Å². The second-order valence-electron chi connectivity index (χ2n) is 3.27. The van der Waals surface area contributed by atoms with Crippen LogP contribution in [0.1, 0.15) is 0 Å². The van der Waals surface area contributed by atoms with Crippen LogP contribution >= 0.6 is 23.2 Å². The molecule has 2 rings (SSSR count). The number of nitrogens with zero attached hydrogens (tertiary/aromatic N) is 1. The Morgan fingerprint density at radius 1 is 0.941 bits per heavy atom. The van der Waals surface area contributed by atoms with E-state index >= 15 is 0 Å². The molecule has 4 N–H and O–H groups in total. The average molecular weight is 269 g/mol. The van der Waals surface area contributed by atoms with Crippen LogP contribution in [0.2, 0.25) is 10.0 Å². The number of para-hydroxylation sites is 1. The molecule has 0 fully saturated rings. The molecule has 0 aliphatic heterocycles. The molecule has 4 nitrogen and oxygen atoms in total. The number of pyridine rings is 1. The first-order valence-corrected chi connectivity index (χ1v) is 5.61. The SMILES string of the molecule is NNc1cccc(Nc2c(Cl)cccc2Cl)n1. The molecule has 0 unspecified atom stereocenters. The van der Waals surface area contributed by atoms with E-state index in [2.05, 4.69) is 15.7 Å². The van der Waals surface area contributed by atoms with Gasteiger partial charge in [-0.1, -0.05) is 35.3 Å². The van der Waals surface area contributed by atoms with Crippen molar-refractivity contribution in [2.45, 2.75) is 0 Å². The largest absolute Gasteiger partial charge is 0.338 e. The highest BCUT2D eigenvalue weighted by Gasteiger charge is 2.06. The van der Waals surface area contributed by atoms with E-state index in [0.717, 1.165) is 0 Å². The molecule has 0 atom stereocenters. The molecule has 0 bridgehead atoms. The Morgan fingerprint density at radius 2 is 1.53 bits per heavy atom. The number of aromatic nitrogens is 1. The highest BCUT2D eigenvalue weighted by Crippen LogP contribution is 2.32. The van der Waals surface area contributed by atoms with Crippen LogP contribution in [-0.4, -0.2) is 4.98 Å². The monoisotopic (exact) mass is 268 g/mol. The third kappa shape index (κ3) is 2.79. The number of hydrogen-bond acceptors (Lipinski definition) is 4. The van der Waals surface area contributed by atoms with Crippen molar-refractivity contribution in [3.63, 3.8) is 0 Å². The van der Waals surface area contributed by atoms with Gasteiger partial charge in [0.1, 0.15) is 11.6 Å². The summed E-state index contributed by atoms with van der Waals surface area (Å²) in [6, 6.07) is 10.6.